The summed E-state index contributed by atoms with van der Waals surface area (Å²) in [6.45, 7) is 2.21. The van der Waals surface area contributed by atoms with Gasteiger partial charge in [-0.25, -0.2) is 4.99 Å². The highest BCUT2D eigenvalue weighted by Crippen LogP contribution is 2.17. The molecule has 2 aromatic rings. The van der Waals surface area contributed by atoms with E-state index in [4.69, 9.17) is 9.15 Å². The van der Waals surface area contributed by atoms with Gasteiger partial charge in [0.05, 0.1) is 19.9 Å². The number of benzene rings is 1. The first kappa shape index (κ1) is 18.3. The van der Waals surface area contributed by atoms with Gasteiger partial charge in [0.25, 0.3) is 0 Å². The van der Waals surface area contributed by atoms with Gasteiger partial charge < -0.3 is 19.8 Å². The van der Waals surface area contributed by atoms with E-state index >= 15 is 0 Å². The van der Waals surface area contributed by atoms with Crippen LogP contribution in [-0.2, 0) is 13.0 Å². The molecule has 0 atom stereocenters. The molecule has 2 rings (SSSR count). The molecule has 24 heavy (non-hydrogen) atoms. The molecule has 6 heteroatoms. The van der Waals surface area contributed by atoms with E-state index in [0.717, 1.165) is 48.3 Å². The number of guanidine groups is 1. The molecule has 0 saturated heterocycles. The van der Waals surface area contributed by atoms with Crippen molar-refractivity contribution in [3.05, 3.63) is 54.0 Å². The van der Waals surface area contributed by atoms with Crippen LogP contribution in [0.25, 0.3) is 0 Å². The van der Waals surface area contributed by atoms with Crippen molar-refractivity contribution >= 4 is 17.7 Å². The number of nitrogens with zero attached hydrogens (tertiary/aromatic N) is 1. The van der Waals surface area contributed by atoms with Crippen LogP contribution < -0.4 is 15.4 Å². The molecule has 0 fully saturated rings. The van der Waals surface area contributed by atoms with E-state index in [1.54, 1.807) is 25.1 Å². The molecule has 2 N–H and O–H groups in total. The molecule has 5 nitrogen and oxygen atoms in total. The van der Waals surface area contributed by atoms with Gasteiger partial charge in [0.1, 0.15) is 11.5 Å². The Morgan fingerprint density at radius 2 is 2.00 bits per heavy atom. The second kappa shape index (κ2) is 10.6. The Morgan fingerprint density at radius 3 is 2.75 bits per heavy atom. The average Bonchev–Trinajstić information content (AvgIpc) is 3.13. The SMILES string of the molecule is COc1ccccc1CN=C(NCCSC)NCCc1ccco1. The standard InChI is InChI=1S/C18H25N3O2S/c1-22-17-8-4-3-6-15(17)14-21-18(20-11-13-24-2)19-10-9-16-7-5-12-23-16/h3-8,12H,9-11,13-14H2,1-2H3,(H2,19,20,21). The zero-order valence-electron chi connectivity index (χ0n) is 14.2. The van der Waals surface area contributed by atoms with E-state index in [1.165, 1.54) is 0 Å². The first-order valence-electron chi connectivity index (χ1n) is 7.99. The first-order valence-corrected chi connectivity index (χ1v) is 9.38. The molecule has 130 valence electrons. The lowest BCUT2D eigenvalue weighted by atomic mass is 10.2. The Balaban J connectivity index is 1.92. The Bertz CT molecular complexity index is 614. The van der Waals surface area contributed by atoms with Gasteiger partial charge in [-0.1, -0.05) is 18.2 Å². The number of para-hydroxylation sites is 1. The molecule has 1 aromatic heterocycles. The van der Waals surface area contributed by atoms with Crippen LogP contribution in [0.15, 0.2) is 52.1 Å². The van der Waals surface area contributed by atoms with Crippen LogP contribution in [0.4, 0.5) is 0 Å². The number of aliphatic imine (C=N–C) groups is 1. The summed E-state index contributed by atoms with van der Waals surface area (Å²) >= 11 is 1.81. The van der Waals surface area contributed by atoms with E-state index in [0.29, 0.717) is 6.54 Å². The topological polar surface area (TPSA) is 58.8 Å². The van der Waals surface area contributed by atoms with Crippen molar-refractivity contribution in [2.75, 3.05) is 32.2 Å². The summed E-state index contributed by atoms with van der Waals surface area (Å²) in [5.74, 6) is 3.67. The van der Waals surface area contributed by atoms with E-state index in [9.17, 15) is 0 Å². The van der Waals surface area contributed by atoms with Gasteiger partial charge in [-0.2, -0.15) is 11.8 Å². The van der Waals surface area contributed by atoms with Crippen molar-refractivity contribution in [3.8, 4) is 5.75 Å². The van der Waals surface area contributed by atoms with Crippen molar-refractivity contribution < 1.29 is 9.15 Å². The third kappa shape index (κ3) is 6.20. The molecular formula is C18H25N3O2S. The summed E-state index contributed by atoms with van der Waals surface area (Å²) in [5, 5.41) is 6.71. The Morgan fingerprint density at radius 1 is 1.17 bits per heavy atom. The zero-order chi connectivity index (χ0) is 17.0. The van der Waals surface area contributed by atoms with Gasteiger partial charge in [-0.3, -0.25) is 0 Å². The first-order chi connectivity index (χ1) is 11.8. The van der Waals surface area contributed by atoms with E-state index < -0.39 is 0 Å². The fourth-order valence-corrected chi connectivity index (χ4v) is 2.51. The summed E-state index contributed by atoms with van der Waals surface area (Å²) in [4.78, 5) is 4.67. The van der Waals surface area contributed by atoms with Gasteiger partial charge in [0.2, 0.25) is 0 Å². The second-order valence-corrected chi connectivity index (χ2v) is 6.14. The summed E-state index contributed by atoms with van der Waals surface area (Å²) in [5.41, 5.74) is 1.07. The van der Waals surface area contributed by atoms with Gasteiger partial charge in [-0.05, 0) is 24.5 Å². The predicted octanol–water partition coefficient (Wildman–Crippen LogP) is 2.93. The molecule has 0 spiro atoms. The highest BCUT2D eigenvalue weighted by molar-refractivity contribution is 7.98. The number of methoxy groups -OCH3 is 1. The van der Waals surface area contributed by atoms with Crippen LogP contribution in [0.3, 0.4) is 0 Å². The third-order valence-corrected chi connectivity index (χ3v) is 4.05. The van der Waals surface area contributed by atoms with Gasteiger partial charge in [-0.15, -0.1) is 0 Å². The number of hydrogen-bond acceptors (Lipinski definition) is 4. The lowest BCUT2D eigenvalue weighted by Crippen LogP contribution is -2.39. The number of ether oxygens (including phenoxy) is 1. The summed E-state index contributed by atoms with van der Waals surface area (Å²) < 4.78 is 10.7. The molecule has 1 heterocycles. The van der Waals surface area contributed by atoms with E-state index in [2.05, 4.69) is 21.9 Å². The van der Waals surface area contributed by atoms with Crippen LogP contribution in [0, 0.1) is 0 Å². The maximum atomic E-state index is 5.38. The number of hydrogen-bond donors (Lipinski definition) is 2. The van der Waals surface area contributed by atoms with E-state index in [1.807, 2.05) is 36.4 Å². The fraction of sp³-hybridized carbons (Fsp3) is 0.389. The molecule has 0 unspecified atom stereocenters. The van der Waals surface area contributed by atoms with E-state index in [-0.39, 0.29) is 0 Å². The van der Waals surface area contributed by atoms with Crippen LogP contribution >= 0.6 is 11.8 Å². The van der Waals surface area contributed by atoms with Crippen LogP contribution in [-0.4, -0.2) is 38.2 Å². The minimum Gasteiger partial charge on any atom is -0.496 e. The van der Waals surface area contributed by atoms with Crippen molar-refractivity contribution in [1.29, 1.82) is 0 Å². The highest BCUT2D eigenvalue weighted by Gasteiger charge is 2.03. The largest absolute Gasteiger partial charge is 0.496 e. The fourth-order valence-electron chi connectivity index (χ4n) is 2.20. The van der Waals surface area contributed by atoms with Crippen molar-refractivity contribution in [3.63, 3.8) is 0 Å². The Labute approximate surface area is 147 Å². The normalized spacial score (nSPS) is 11.3. The zero-order valence-corrected chi connectivity index (χ0v) is 15.1. The lowest BCUT2D eigenvalue weighted by molar-refractivity contribution is 0.410. The summed E-state index contributed by atoms with van der Waals surface area (Å²) in [6.07, 6.45) is 4.62. The van der Waals surface area contributed by atoms with Gasteiger partial charge in [0, 0.05) is 30.8 Å². The van der Waals surface area contributed by atoms with Crippen LogP contribution in [0.1, 0.15) is 11.3 Å². The maximum absolute atomic E-state index is 5.38. The summed E-state index contributed by atoms with van der Waals surface area (Å²) in [6, 6.07) is 11.8. The van der Waals surface area contributed by atoms with Crippen LogP contribution in [0.5, 0.6) is 5.75 Å². The molecule has 0 aliphatic heterocycles. The lowest BCUT2D eigenvalue weighted by Gasteiger charge is -2.12. The molecule has 0 radical (unpaired) electrons. The molecule has 0 aliphatic carbocycles. The monoisotopic (exact) mass is 347 g/mol. The predicted molar refractivity (Wildman–Crippen MR) is 101 cm³/mol. The van der Waals surface area contributed by atoms with Crippen molar-refractivity contribution in [1.82, 2.24) is 10.6 Å². The Hall–Kier alpha value is -2.08. The number of thioether (sulfide) groups is 1. The smallest absolute Gasteiger partial charge is 0.191 e. The molecule has 1 aromatic carbocycles. The molecule has 0 amide bonds. The molecule has 0 aliphatic rings. The van der Waals surface area contributed by atoms with Crippen molar-refractivity contribution in [2.45, 2.75) is 13.0 Å². The van der Waals surface area contributed by atoms with Gasteiger partial charge in [0.15, 0.2) is 5.96 Å². The number of nitrogens with one attached hydrogen (secondary N) is 2. The highest BCUT2D eigenvalue weighted by atomic mass is 32.2. The number of furan rings is 1. The minimum absolute atomic E-state index is 0.569. The number of rotatable bonds is 9. The molecular weight excluding hydrogens is 322 g/mol. The molecule has 0 bridgehead atoms. The average molecular weight is 347 g/mol. The maximum Gasteiger partial charge on any atom is 0.191 e. The molecule has 0 saturated carbocycles. The Kier molecular flexibility index (Phi) is 8.10. The third-order valence-electron chi connectivity index (χ3n) is 3.44. The summed E-state index contributed by atoms with van der Waals surface area (Å²) in [7, 11) is 1.68. The minimum atomic E-state index is 0.569. The quantitative estimate of drug-likeness (QED) is 0.415. The van der Waals surface area contributed by atoms with Crippen LogP contribution in [0.2, 0.25) is 0 Å². The second-order valence-electron chi connectivity index (χ2n) is 5.15. The van der Waals surface area contributed by atoms with Gasteiger partial charge >= 0.3 is 0 Å². The van der Waals surface area contributed by atoms with Crippen molar-refractivity contribution in [2.24, 2.45) is 4.99 Å².